The van der Waals surface area contributed by atoms with E-state index < -0.39 is 0 Å². The first kappa shape index (κ1) is 11.8. The van der Waals surface area contributed by atoms with Crippen LogP contribution in [0.4, 0.5) is 0 Å². The molecule has 1 aliphatic heterocycles. The zero-order chi connectivity index (χ0) is 13.4. The van der Waals surface area contributed by atoms with Gasteiger partial charge in [-0.3, -0.25) is 0 Å². The molecule has 20 heavy (non-hydrogen) atoms. The van der Waals surface area contributed by atoms with E-state index in [-0.39, 0.29) is 0 Å². The highest BCUT2D eigenvalue weighted by Crippen LogP contribution is 2.42. The van der Waals surface area contributed by atoms with Crippen LogP contribution in [0, 0.1) is 0 Å². The fraction of sp³-hybridized carbons (Fsp3) is 0.0526. The van der Waals surface area contributed by atoms with E-state index in [9.17, 15) is 0 Å². The van der Waals surface area contributed by atoms with Crippen molar-refractivity contribution < 1.29 is 0 Å². The van der Waals surface area contributed by atoms with Gasteiger partial charge in [-0.1, -0.05) is 66.7 Å². The lowest BCUT2D eigenvalue weighted by Crippen LogP contribution is -1.93. The predicted molar refractivity (Wildman–Crippen MR) is 89.1 cm³/mol. The Morgan fingerprint density at radius 3 is 2.55 bits per heavy atom. The van der Waals surface area contributed by atoms with Crippen LogP contribution >= 0.6 is 11.8 Å². The first-order valence-corrected chi connectivity index (χ1v) is 7.82. The molecule has 0 saturated heterocycles. The van der Waals surface area contributed by atoms with Crippen LogP contribution in [0.5, 0.6) is 0 Å². The molecule has 0 unspecified atom stereocenters. The van der Waals surface area contributed by atoms with Crippen LogP contribution in [-0.2, 0) is 0 Å². The summed E-state index contributed by atoms with van der Waals surface area (Å²) in [5.41, 5.74) is 4.04. The van der Waals surface area contributed by atoms with Crippen LogP contribution in [0.15, 0.2) is 71.6 Å². The molecule has 0 atom stereocenters. The normalized spacial score (nSPS) is 13.4. The molecule has 96 valence electrons. The summed E-state index contributed by atoms with van der Waals surface area (Å²) in [5, 5.41) is 2.66. The summed E-state index contributed by atoms with van der Waals surface area (Å²) in [6, 6.07) is 21.7. The maximum atomic E-state index is 2.31. The molecule has 0 spiro atoms. The summed E-state index contributed by atoms with van der Waals surface area (Å²) >= 11 is 1.94. The van der Waals surface area contributed by atoms with E-state index in [1.807, 2.05) is 11.8 Å². The second-order valence-electron chi connectivity index (χ2n) is 4.97. The largest absolute Gasteiger partial charge is 0.121 e. The third kappa shape index (κ3) is 1.86. The fourth-order valence-electron chi connectivity index (χ4n) is 2.83. The van der Waals surface area contributed by atoms with Gasteiger partial charge in [-0.05, 0) is 28.0 Å². The molecule has 4 rings (SSSR count). The van der Waals surface area contributed by atoms with Crippen LogP contribution in [0.2, 0.25) is 0 Å². The molecule has 0 bridgehead atoms. The third-order valence-electron chi connectivity index (χ3n) is 3.71. The average Bonchev–Trinajstić information content (AvgIpc) is 2.53. The summed E-state index contributed by atoms with van der Waals surface area (Å²) in [7, 11) is 0. The molecule has 1 aliphatic rings. The van der Waals surface area contributed by atoms with Gasteiger partial charge in [0.15, 0.2) is 0 Å². The highest BCUT2D eigenvalue weighted by molar-refractivity contribution is 7.99. The Morgan fingerprint density at radius 1 is 0.850 bits per heavy atom. The van der Waals surface area contributed by atoms with Crippen molar-refractivity contribution in [2.75, 3.05) is 5.75 Å². The highest BCUT2D eigenvalue weighted by Gasteiger charge is 2.15. The Bertz CT molecular complexity index is 801. The van der Waals surface area contributed by atoms with E-state index in [1.165, 1.54) is 32.4 Å². The summed E-state index contributed by atoms with van der Waals surface area (Å²) in [6.07, 6.45) is 4.50. The Labute approximate surface area is 123 Å². The Hall–Kier alpha value is -1.99. The van der Waals surface area contributed by atoms with E-state index in [4.69, 9.17) is 0 Å². The van der Waals surface area contributed by atoms with Crippen LogP contribution in [-0.4, -0.2) is 5.75 Å². The second kappa shape index (κ2) is 4.84. The molecule has 1 heterocycles. The quantitative estimate of drug-likeness (QED) is 0.554. The van der Waals surface area contributed by atoms with E-state index in [0.29, 0.717) is 0 Å². The molecule has 0 amide bonds. The van der Waals surface area contributed by atoms with Gasteiger partial charge in [0.25, 0.3) is 0 Å². The predicted octanol–water partition coefficient (Wildman–Crippen LogP) is 5.63. The van der Waals surface area contributed by atoms with Gasteiger partial charge in [0.05, 0.1) is 0 Å². The number of benzene rings is 3. The second-order valence-corrected chi connectivity index (χ2v) is 6.00. The number of hydrogen-bond acceptors (Lipinski definition) is 1. The van der Waals surface area contributed by atoms with E-state index in [2.05, 4.69) is 72.8 Å². The molecule has 3 aromatic carbocycles. The maximum absolute atomic E-state index is 2.31. The number of thioether (sulfide) groups is 1. The zero-order valence-electron chi connectivity index (χ0n) is 11.0. The molecular formula is C19H14S. The van der Waals surface area contributed by atoms with E-state index in [1.54, 1.807) is 0 Å². The van der Waals surface area contributed by atoms with Crippen molar-refractivity contribution in [1.29, 1.82) is 0 Å². The van der Waals surface area contributed by atoms with Crippen LogP contribution in [0.25, 0.3) is 28.0 Å². The molecule has 0 aliphatic carbocycles. The molecule has 1 heteroatoms. The van der Waals surface area contributed by atoms with Gasteiger partial charge >= 0.3 is 0 Å². The molecule has 0 fully saturated rings. The van der Waals surface area contributed by atoms with Crippen molar-refractivity contribution in [1.82, 2.24) is 0 Å². The van der Waals surface area contributed by atoms with Crippen LogP contribution in [0.1, 0.15) is 5.56 Å². The van der Waals surface area contributed by atoms with Gasteiger partial charge in [0.1, 0.15) is 0 Å². The van der Waals surface area contributed by atoms with Crippen molar-refractivity contribution in [2.24, 2.45) is 0 Å². The van der Waals surface area contributed by atoms with Gasteiger partial charge in [0, 0.05) is 16.2 Å². The lowest BCUT2D eigenvalue weighted by atomic mass is 9.95. The Morgan fingerprint density at radius 2 is 1.65 bits per heavy atom. The minimum absolute atomic E-state index is 1.06. The molecule has 3 aromatic rings. The monoisotopic (exact) mass is 274 g/mol. The molecule has 0 aromatic heterocycles. The van der Waals surface area contributed by atoms with Crippen molar-refractivity contribution in [3.8, 4) is 11.1 Å². The smallest absolute Gasteiger partial charge is 0.0232 e. The van der Waals surface area contributed by atoms with Crippen molar-refractivity contribution in [3.63, 3.8) is 0 Å². The summed E-state index contributed by atoms with van der Waals surface area (Å²) in [4.78, 5) is 1.41. The molecular weight excluding hydrogens is 260 g/mol. The highest BCUT2D eigenvalue weighted by atomic mass is 32.2. The lowest BCUT2D eigenvalue weighted by molar-refractivity contribution is 1.42. The summed E-state index contributed by atoms with van der Waals surface area (Å²) in [6.45, 7) is 0. The SMILES string of the molecule is C1=Cc2cc3ccccc3c(-c3ccccc3)c2SC1. The van der Waals surface area contributed by atoms with Crippen molar-refractivity contribution in [2.45, 2.75) is 4.90 Å². The molecule has 0 saturated carbocycles. The first-order chi connectivity index (χ1) is 9.93. The average molecular weight is 274 g/mol. The minimum Gasteiger partial charge on any atom is -0.121 e. The van der Waals surface area contributed by atoms with E-state index in [0.717, 1.165) is 5.75 Å². The van der Waals surface area contributed by atoms with Gasteiger partial charge in [0.2, 0.25) is 0 Å². The lowest BCUT2D eigenvalue weighted by Gasteiger charge is -2.18. The maximum Gasteiger partial charge on any atom is 0.0232 e. The number of fused-ring (bicyclic) bond motifs is 2. The summed E-state index contributed by atoms with van der Waals surface area (Å²) < 4.78 is 0. The topological polar surface area (TPSA) is 0 Å². The molecule has 0 radical (unpaired) electrons. The summed E-state index contributed by atoms with van der Waals surface area (Å²) in [5.74, 6) is 1.06. The molecule has 0 N–H and O–H groups in total. The fourth-order valence-corrected chi connectivity index (χ4v) is 3.85. The Balaban J connectivity index is 2.14. The van der Waals surface area contributed by atoms with Crippen molar-refractivity contribution in [3.05, 3.63) is 72.3 Å². The molecule has 0 nitrogen and oxygen atoms in total. The van der Waals surface area contributed by atoms with Gasteiger partial charge in [-0.15, -0.1) is 11.8 Å². The zero-order valence-corrected chi connectivity index (χ0v) is 11.9. The standard InChI is InChI=1S/C19H14S/c1-2-7-14(8-3-1)18-17-11-5-4-9-15(17)13-16-10-6-12-20-19(16)18/h1-11,13H,12H2. The first-order valence-electron chi connectivity index (χ1n) is 6.84. The van der Waals surface area contributed by atoms with E-state index >= 15 is 0 Å². The third-order valence-corrected chi connectivity index (χ3v) is 4.80. The van der Waals surface area contributed by atoms with Gasteiger partial charge in [-0.25, -0.2) is 0 Å². The number of rotatable bonds is 1. The Kier molecular flexibility index (Phi) is 2.86. The van der Waals surface area contributed by atoms with Gasteiger partial charge < -0.3 is 0 Å². The minimum atomic E-state index is 1.06. The van der Waals surface area contributed by atoms with Crippen molar-refractivity contribution >= 4 is 28.6 Å². The number of hydrogen-bond donors (Lipinski definition) is 0. The van der Waals surface area contributed by atoms with Crippen LogP contribution < -0.4 is 0 Å². The van der Waals surface area contributed by atoms with Crippen LogP contribution in [0.3, 0.4) is 0 Å². The van der Waals surface area contributed by atoms with Gasteiger partial charge in [-0.2, -0.15) is 0 Å².